The summed E-state index contributed by atoms with van der Waals surface area (Å²) in [6, 6.07) is -0.0880. The lowest BCUT2D eigenvalue weighted by Gasteiger charge is -2.01. The lowest BCUT2D eigenvalue weighted by atomic mass is 10.3. The zero-order chi connectivity index (χ0) is 9.19. The highest BCUT2D eigenvalue weighted by Gasteiger charge is 2.27. The van der Waals surface area contributed by atoms with Gasteiger partial charge in [0.2, 0.25) is 0 Å². The molecule has 1 aliphatic rings. The van der Waals surface area contributed by atoms with Crippen molar-refractivity contribution < 1.29 is 8.42 Å². The summed E-state index contributed by atoms with van der Waals surface area (Å²) in [6.07, 6.45) is 1.32. The Morgan fingerprint density at radius 1 is 1.67 bits per heavy atom. The number of nitrogens with zero attached hydrogens (tertiary/aromatic N) is 1. The number of hydrogen-bond donors (Lipinski definition) is 1. The molecule has 0 aromatic heterocycles. The third-order valence-electron chi connectivity index (χ3n) is 1.92. The minimum Gasteiger partial charge on any atom is -0.387 e. The fraction of sp³-hybridized carbons (Fsp3) is 0.857. The molecule has 5 heteroatoms. The fourth-order valence-electron chi connectivity index (χ4n) is 1.20. The van der Waals surface area contributed by atoms with Crippen LogP contribution in [0, 0.1) is 0 Å². The molecule has 1 saturated heterocycles. The van der Waals surface area contributed by atoms with Crippen LogP contribution in [0.25, 0.3) is 0 Å². The smallest absolute Gasteiger partial charge is 0.152 e. The van der Waals surface area contributed by atoms with Crippen LogP contribution in [0.1, 0.15) is 19.8 Å². The molecule has 1 unspecified atom stereocenters. The van der Waals surface area contributed by atoms with E-state index in [1.807, 2.05) is 6.92 Å². The van der Waals surface area contributed by atoms with Crippen LogP contribution < -0.4 is 5.73 Å². The summed E-state index contributed by atoms with van der Waals surface area (Å²) in [7, 11) is -2.81. The molecule has 1 aliphatic heterocycles. The molecule has 0 aliphatic carbocycles. The summed E-state index contributed by atoms with van der Waals surface area (Å²) in [4.78, 5) is 4.11. The average Bonchev–Trinajstić information content (AvgIpc) is 2.30. The Morgan fingerprint density at radius 2 is 2.33 bits per heavy atom. The van der Waals surface area contributed by atoms with Crippen molar-refractivity contribution >= 4 is 15.7 Å². The van der Waals surface area contributed by atoms with Crippen molar-refractivity contribution in [2.75, 3.05) is 11.5 Å². The highest BCUT2D eigenvalue weighted by Crippen LogP contribution is 2.14. The summed E-state index contributed by atoms with van der Waals surface area (Å²) < 4.78 is 22.0. The third-order valence-corrected chi connectivity index (χ3v) is 3.67. The van der Waals surface area contributed by atoms with E-state index in [0.717, 1.165) is 0 Å². The zero-order valence-electron chi connectivity index (χ0n) is 7.16. The first-order chi connectivity index (χ1) is 5.53. The first kappa shape index (κ1) is 9.51. The Morgan fingerprint density at radius 3 is 2.75 bits per heavy atom. The quantitative estimate of drug-likeness (QED) is 0.490. The molecule has 0 radical (unpaired) electrons. The molecule has 1 heterocycles. The van der Waals surface area contributed by atoms with Crippen molar-refractivity contribution in [3.05, 3.63) is 0 Å². The van der Waals surface area contributed by atoms with Crippen molar-refractivity contribution in [3.63, 3.8) is 0 Å². The molecule has 2 N–H and O–H groups in total. The Balaban J connectivity index is 2.60. The van der Waals surface area contributed by atoms with Crippen LogP contribution in [-0.2, 0) is 9.84 Å². The maximum absolute atomic E-state index is 11.0. The van der Waals surface area contributed by atoms with Gasteiger partial charge in [0.05, 0.1) is 23.4 Å². The summed E-state index contributed by atoms with van der Waals surface area (Å²) in [5.74, 6) is 0.989. The van der Waals surface area contributed by atoms with Crippen LogP contribution in [0.2, 0.25) is 0 Å². The van der Waals surface area contributed by atoms with Crippen LogP contribution >= 0.6 is 0 Å². The van der Waals surface area contributed by atoms with E-state index in [1.165, 1.54) is 0 Å². The summed E-state index contributed by atoms with van der Waals surface area (Å²) >= 11 is 0. The van der Waals surface area contributed by atoms with Crippen molar-refractivity contribution in [2.45, 2.75) is 25.8 Å². The van der Waals surface area contributed by atoms with Gasteiger partial charge in [0.25, 0.3) is 0 Å². The number of aliphatic imine (C=N–C) groups is 1. The molecule has 0 aromatic carbocycles. The number of nitrogens with two attached hydrogens (primary N) is 1. The van der Waals surface area contributed by atoms with Gasteiger partial charge in [-0.1, -0.05) is 6.92 Å². The summed E-state index contributed by atoms with van der Waals surface area (Å²) in [6.45, 7) is 1.91. The van der Waals surface area contributed by atoms with E-state index >= 15 is 0 Å². The van der Waals surface area contributed by atoms with Gasteiger partial charge in [-0.2, -0.15) is 0 Å². The SMILES string of the molecule is CCC(N)=NC1CCS(=O)(=O)C1. The van der Waals surface area contributed by atoms with Gasteiger partial charge in [-0.25, -0.2) is 8.42 Å². The van der Waals surface area contributed by atoms with Crippen molar-refractivity contribution in [1.82, 2.24) is 0 Å². The fourth-order valence-corrected chi connectivity index (χ4v) is 2.83. The van der Waals surface area contributed by atoms with Gasteiger partial charge in [0.1, 0.15) is 0 Å². The van der Waals surface area contributed by atoms with E-state index in [4.69, 9.17) is 5.73 Å². The largest absolute Gasteiger partial charge is 0.387 e. The van der Waals surface area contributed by atoms with Gasteiger partial charge >= 0.3 is 0 Å². The Bertz CT molecular complexity index is 282. The van der Waals surface area contributed by atoms with Crippen LogP contribution in [-0.4, -0.2) is 31.8 Å². The van der Waals surface area contributed by atoms with E-state index in [1.54, 1.807) is 0 Å². The average molecular weight is 190 g/mol. The first-order valence-corrected chi connectivity index (χ1v) is 5.88. The minimum atomic E-state index is -2.81. The highest BCUT2D eigenvalue weighted by atomic mass is 32.2. The molecule has 1 fully saturated rings. The van der Waals surface area contributed by atoms with Crippen LogP contribution in [0.3, 0.4) is 0 Å². The van der Waals surface area contributed by atoms with Gasteiger partial charge in [-0.05, 0) is 6.42 Å². The van der Waals surface area contributed by atoms with E-state index < -0.39 is 9.84 Å². The van der Waals surface area contributed by atoms with Crippen LogP contribution in [0.15, 0.2) is 4.99 Å². The molecule has 0 saturated carbocycles. The predicted molar refractivity (Wildman–Crippen MR) is 49.0 cm³/mol. The second-order valence-electron chi connectivity index (χ2n) is 3.03. The molecular weight excluding hydrogens is 176 g/mol. The molecule has 1 rings (SSSR count). The summed E-state index contributed by atoms with van der Waals surface area (Å²) in [5, 5.41) is 0. The second kappa shape index (κ2) is 3.43. The standard InChI is InChI=1S/C7H14N2O2S/c1-2-7(8)9-6-3-4-12(10,11)5-6/h6H,2-5H2,1H3,(H2,8,9). The third kappa shape index (κ3) is 2.48. The molecule has 0 aromatic rings. The van der Waals surface area contributed by atoms with Gasteiger partial charge in [0.15, 0.2) is 9.84 Å². The van der Waals surface area contributed by atoms with Gasteiger partial charge in [-0.3, -0.25) is 4.99 Å². The highest BCUT2D eigenvalue weighted by molar-refractivity contribution is 7.91. The van der Waals surface area contributed by atoms with E-state index in [9.17, 15) is 8.42 Å². The molecule has 1 atom stereocenters. The van der Waals surface area contributed by atoms with E-state index in [0.29, 0.717) is 18.7 Å². The van der Waals surface area contributed by atoms with Gasteiger partial charge < -0.3 is 5.73 Å². The van der Waals surface area contributed by atoms with Crippen molar-refractivity contribution in [1.29, 1.82) is 0 Å². The molecule has 0 amide bonds. The molecule has 4 nitrogen and oxygen atoms in total. The van der Waals surface area contributed by atoms with Crippen molar-refractivity contribution in [2.24, 2.45) is 10.7 Å². The number of sulfone groups is 1. The number of rotatable bonds is 2. The number of hydrogen-bond acceptors (Lipinski definition) is 3. The molecule has 0 spiro atoms. The normalized spacial score (nSPS) is 29.1. The van der Waals surface area contributed by atoms with Crippen LogP contribution in [0.5, 0.6) is 0 Å². The predicted octanol–water partition coefficient (Wildman–Crippen LogP) is -0.0593. The van der Waals surface area contributed by atoms with Crippen LogP contribution in [0.4, 0.5) is 0 Å². The monoisotopic (exact) mass is 190 g/mol. The Labute approximate surface area is 72.8 Å². The van der Waals surface area contributed by atoms with Crippen molar-refractivity contribution in [3.8, 4) is 0 Å². The zero-order valence-corrected chi connectivity index (χ0v) is 7.97. The lowest BCUT2D eigenvalue weighted by molar-refractivity contribution is 0.601. The van der Waals surface area contributed by atoms with Gasteiger partial charge in [0, 0.05) is 6.42 Å². The number of amidine groups is 1. The Kier molecular flexibility index (Phi) is 2.72. The Hall–Kier alpha value is -0.580. The summed E-state index contributed by atoms with van der Waals surface area (Å²) in [5.41, 5.74) is 5.50. The maximum atomic E-state index is 11.0. The molecule has 70 valence electrons. The lowest BCUT2D eigenvalue weighted by Crippen LogP contribution is -2.16. The first-order valence-electron chi connectivity index (χ1n) is 4.06. The topological polar surface area (TPSA) is 72.5 Å². The van der Waals surface area contributed by atoms with E-state index in [2.05, 4.69) is 4.99 Å². The minimum absolute atomic E-state index is 0.0880. The van der Waals surface area contributed by atoms with Gasteiger partial charge in [-0.15, -0.1) is 0 Å². The molecule has 12 heavy (non-hydrogen) atoms. The second-order valence-corrected chi connectivity index (χ2v) is 5.26. The molecular formula is C7H14N2O2S. The maximum Gasteiger partial charge on any atom is 0.152 e. The van der Waals surface area contributed by atoms with E-state index in [-0.39, 0.29) is 17.5 Å². The molecule has 0 bridgehead atoms.